The average Bonchev–Trinajstić information content (AvgIpc) is 3.15. The summed E-state index contributed by atoms with van der Waals surface area (Å²) in [6, 6.07) is 0. The Morgan fingerprint density at radius 3 is 2.77 bits per heavy atom. The van der Waals surface area contributed by atoms with Gasteiger partial charge in [-0.15, -0.1) is 11.3 Å². The summed E-state index contributed by atoms with van der Waals surface area (Å²) in [6.45, 7) is 4.21. The monoisotopic (exact) mass is 378 g/mol. The molecule has 0 amide bonds. The standard InChI is InChI=1S/C12H14N2O4S4/c1-3-17-9(15)7-5-19-11(13-7)21-22-12-14-8(6-20-12)10(16)18-4-2/h5-6,11,13H,3-4H2,1-2H3. The minimum atomic E-state index is -0.407. The third-order valence-electron chi connectivity index (χ3n) is 2.25. The molecule has 1 atom stereocenters. The van der Waals surface area contributed by atoms with E-state index in [9.17, 15) is 9.59 Å². The van der Waals surface area contributed by atoms with E-state index < -0.39 is 5.97 Å². The second-order valence-corrected chi connectivity index (χ2v) is 8.45. The first kappa shape index (κ1) is 17.5. The molecular weight excluding hydrogens is 364 g/mol. The van der Waals surface area contributed by atoms with Gasteiger partial charge in [-0.1, -0.05) is 11.8 Å². The number of aromatic nitrogens is 1. The zero-order chi connectivity index (χ0) is 15.9. The molecule has 0 saturated heterocycles. The molecule has 0 aliphatic carbocycles. The molecule has 1 aromatic rings. The van der Waals surface area contributed by atoms with E-state index in [-0.39, 0.29) is 10.7 Å². The highest BCUT2D eigenvalue weighted by Gasteiger charge is 2.23. The zero-order valence-electron chi connectivity index (χ0n) is 11.9. The van der Waals surface area contributed by atoms with E-state index in [2.05, 4.69) is 10.3 Å². The van der Waals surface area contributed by atoms with Crippen LogP contribution in [0.5, 0.6) is 0 Å². The molecule has 2 heterocycles. The number of carbonyl (C=O) groups is 2. The highest BCUT2D eigenvalue weighted by molar-refractivity contribution is 8.78. The van der Waals surface area contributed by atoms with Crippen molar-refractivity contribution in [2.75, 3.05) is 13.2 Å². The van der Waals surface area contributed by atoms with Gasteiger partial charge in [0.05, 0.1) is 13.2 Å². The van der Waals surface area contributed by atoms with Crippen molar-refractivity contribution >= 4 is 56.6 Å². The number of nitrogens with zero attached hydrogens (tertiary/aromatic N) is 1. The third-order valence-corrected chi connectivity index (χ3v) is 7.43. The summed E-state index contributed by atoms with van der Waals surface area (Å²) >= 11 is 2.89. The van der Waals surface area contributed by atoms with Crippen LogP contribution in [-0.2, 0) is 14.3 Å². The predicted octanol–water partition coefficient (Wildman–Crippen LogP) is 3.08. The second-order valence-electron chi connectivity index (χ2n) is 3.76. The molecule has 1 aromatic heterocycles. The van der Waals surface area contributed by atoms with Crippen molar-refractivity contribution in [3.63, 3.8) is 0 Å². The Balaban J connectivity index is 1.78. The molecule has 0 spiro atoms. The lowest BCUT2D eigenvalue weighted by molar-refractivity contribution is -0.138. The maximum Gasteiger partial charge on any atom is 0.357 e. The van der Waals surface area contributed by atoms with E-state index in [0.717, 1.165) is 4.34 Å². The van der Waals surface area contributed by atoms with Gasteiger partial charge in [0.1, 0.15) is 10.4 Å². The van der Waals surface area contributed by atoms with E-state index in [1.54, 1.807) is 24.6 Å². The van der Waals surface area contributed by atoms with Crippen LogP contribution in [0.15, 0.2) is 20.8 Å². The summed E-state index contributed by atoms with van der Waals surface area (Å²) < 4.78 is 10.6. The molecule has 10 heteroatoms. The molecule has 1 aliphatic rings. The van der Waals surface area contributed by atoms with Gasteiger partial charge in [0, 0.05) is 10.8 Å². The highest BCUT2D eigenvalue weighted by atomic mass is 33.1. The summed E-state index contributed by atoms with van der Waals surface area (Å²) in [6.07, 6.45) is 0. The van der Waals surface area contributed by atoms with Crippen molar-refractivity contribution in [3.05, 3.63) is 22.2 Å². The summed E-state index contributed by atoms with van der Waals surface area (Å²) in [5.74, 6) is -0.753. The van der Waals surface area contributed by atoms with Crippen LogP contribution in [0, 0.1) is 0 Å². The van der Waals surface area contributed by atoms with Gasteiger partial charge < -0.3 is 14.8 Å². The SMILES string of the molecule is CCOC(=O)C1=CSC(SSc2nc(C(=O)OCC)cs2)N1. The molecule has 6 nitrogen and oxygen atoms in total. The molecule has 0 fully saturated rings. The van der Waals surface area contributed by atoms with Crippen LogP contribution in [0.1, 0.15) is 24.3 Å². The zero-order valence-corrected chi connectivity index (χ0v) is 15.1. The number of hydrogen-bond acceptors (Lipinski definition) is 10. The van der Waals surface area contributed by atoms with E-state index >= 15 is 0 Å². The number of ether oxygens (including phenoxy) is 2. The molecule has 0 aromatic carbocycles. The Morgan fingerprint density at radius 1 is 1.32 bits per heavy atom. The number of carbonyl (C=O) groups excluding carboxylic acids is 2. The molecule has 1 unspecified atom stereocenters. The van der Waals surface area contributed by atoms with E-state index in [4.69, 9.17) is 9.47 Å². The smallest absolute Gasteiger partial charge is 0.357 e. The molecular formula is C12H14N2O4S4. The normalized spacial score (nSPS) is 16.8. The summed E-state index contributed by atoms with van der Waals surface area (Å²) in [4.78, 5) is 27.3. The van der Waals surface area contributed by atoms with Crippen LogP contribution in [0.2, 0.25) is 0 Å². The molecule has 0 saturated carbocycles. The van der Waals surface area contributed by atoms with Gasteiger partial charge in [0.25, 0.3) is 0 Å². The number of hydrogen-bond donors (Lipinski definition) is 1. The Bertz CT molecular complexity index is 575. The maximum absolute atomic E-state index is 11.6. The van der Waals surface area contributed by atoms with Gasteiger partial charge >= 0.3 is 11.9 Å². The molecule has 0 radical (unpaired) electrons. The fourth-order valence-corrected chi connectivity index (χ4v) is 5.86. The summed E-state index contributed by atoms with van der Waals surface area (Å²) in [5, 5.41) is 6.50. The van der Waals surface area contributed by atoms with Crippen molar-refractivity contribution in [3.8, 4) is 0 Å². The third kappa shape index (κ3) is 4.83. The molecule has 1 N–H and O–H groups in total. The van der Waals surface area contributed by atoms with Crippen LogP contribution in [-0.4, -0.2) is 34.8 Å². The van der Waals surface area contributed by atoms with Crippen molar-refractivity contribution < 1.29 is 19.1 Å². The summed E-state index contributed by atoms with van der Waals surface area (Å²) in [7, 11) is 2.97. The molecule has 0 bridgehead atoms. The van der Waals surface area contributed by atoms with Gasteiger partial charge in [-0.3, -0.25) is 0 Å². The first-order valence-corrected chi connectivity index (χ1v) is 10.4. The number of esters is 2. The van der Waals surface area contributed by atoms with Crippen molar-refractivity contribution in [2.45, 2.75) is 22.9 Å². The number of thiazole rings is 1. The van der Waals surface area contributed by atoms with Gasteiger partial charge in [-0.2, -0.15) is 0 Å². The van der Waals surface area contributed by atoms with Crippen LogP contribution in [0.25, 0.3) is 0 Å². The second kappa shape index (κ2) is 8.70. The van der Waals surface area contributed by atoms with Gasteiger partial charge in [0.2, 0.25) is 0 Å². The molecule has 22 heavy (non-hydrogen) atoms. The van der Waals surface area contributed by atoms with Crippen molar-refractivity contribution in [2.24, 2.45) is 0 Å². The topological polar surface area (TPSA) is 77.5 Å². The van der Waals surface area contributed by atoms with Gasteiger partial charge in [-0.25, -0.2) is 14.6 Å². The summed E-state index contributed by atoms with van der Waals surface area (Å²) in [5.41, 5.74) is 0.795. The number of thioether (sulfide) groups is 1. The van der Waals surface area contributed by atoms with E-state index in [1.807, 2.05) is 0 Å². The fourth-order valence-electron chi connectivity index (χ4n) is 1.37. The number of rotatable bonds is 7. The van der Waals surface area contributed by atoms with Crippen LogP contribution in [0.3, 0.4) is 0 Å². The average molecular weight is 379 g/mol. The van der Waals surface area contributed by atoms with Crippen molar-refractivity contribution in [1.29, 1.82) is 0 Å². The van der Waals surface area contributed by atoms with Crippen molar-refractivity contribution in [1.82, 2.24) is 10.3 Å². The van der Waals surface area contributed by atoms with Crippen LogP contribution >= 0.6 is 44.7 Å². The Morgan fingerprint density at radius 2 is 2.05 bits per heavy atom. The minimum Gasteiger partial charge on any atom is -0.461 e. The van der Waals surface area contributed by atoms with E-state index in [0.29, 0.717) is 24.6 Å². The lowest BCUT2D eigenvalue weighted by Crippen LogP contribution is -2.23. The first-order chi connectivity index (χ1) is 10.6. The minimum absolute atomic E-state index is 0.000602. The number of nitrogens with one attached hydrogen (secondary N) is 1. The van der Waals surface area contributed by atoms with Gasteiger partial charge in [-0.05, 0) is 35.4 Å². The van der Waals surface area contributed by atoms with E-state index in [1.165, 1.54) is 44.7 Å². The molecule has 1 aliphatic heterocycles. The highest BCUT2D eigenvalue weighted by Crippen LogP contribution is 2.42. The lowest BCUT2D eigenvalue weighted by Gasteiger charge is -2.09. The quantitative estimate of drug-likeness (QED) is 0.569. The maximum atomic E-state index is 11.6. The molecule has 2 rings (SSSR count). The lowest BCUT2D eigenvalue weighted by atomic mass is 10.5. The Labute approximate surface area is 144 Å². The van der Waals surface area contributed by atoms with Crippen LogP contribution < -0.4 is 5.32 Å². The largest absolute Gasteiger partial charge is 0.461 e. The molecule has 120 valence electrons. The Hall–Kier alpha value is -0.840. The first-order valence-electron chi connectivity index (χ1n) is 6.39. The fraction of sp³-hybridized carbons (Fsp3) is 0.417. The predicted molar refractivity (Wildman–Crippen MR) is 90.7 cm³/mol. The van der Waals surface area contributed by atoms with Gasteiger partial charge in [0.15, 0.2) is 10.0 Å². The van der Waals surface area contributed by atoms with Crippen LogP contribution in [0.4, 0.5) is 0 Å². The Kier molecular flexibility index (Phi) is 6.93.